The van der Waals surface area contributed by atoms with Gasteiger partial charge in [-0.1, -0.05) is 90.9 Å². The molecule has 0 aliphatic carbocycles. The molecular formula is C22H44KNO2. The van der Waals surface area contributed by atoms with E-state index in [1.54, 1.807) is 0 Å². The standard InChI is InChI=1S/C22H45NO2.K/c1-5-7-9-11-13-15-17-20(3)23(19-22(24)25)21(4)18-16-14-12-10-8-6-2;/h20-21H,5-19H2,1-4H3,(H,24,25);/q;+1/p-1. The van der Waals surface area contributed by atoms with Gasteiger partial charge in [0.05, 0.1) is 5.97 Å². The van der Waals surface area contributed by atoms with E-state index in [0.717, 1.165) is 12.8 Å². The van der Waals surface area contributed by atoms with Crippen LogP contribution in [0.1, 0.15) is 118 Å². The van der Waals surface area contributed by atoms with Gasteiger partial charge in [0, 0.05) is 18.6 Å². The number of carbonyl (C=O) groups excluding carboxylic acids is 1. The number of nitrogens with zero attached hydrogens (tertiary/aromatic N) is 1. The molecule has 0 spiro atoms. The van der Waals surface area contributed by atoms with Crippen LogP contribution in [0.25, 0.3) is 0 Å². The minimum Gasteiger partial charge on any atom is -0.549 e. The van der Waals surface area contributed by atoms with Crippen molar-refractivity contribution in [2.45, 2.75) is 130 Å². The Kier molecular flexibility index (Phi) is 23.4. The first-order chi connectivity index (χ1) is 12.0. The van der Waals surface area contributed by atoms with E-state index < -0.39 is 5.97 Å². The summed E-state index contributed by atoms with van der Waals surface area (Å²) in [6.07, 6.45) is 17.7. The average molecular weight is 394 g/mol. The van der Waals surface area contributed by atoms with Gasteiger partial charge in [-0.3, -0.25) is 4.90 Å². The first-order valence-corrected chi connectivity index (χ1v) is 11.0. The summed E-state index contributed by atoms with van der Waals surface area (Å²) >= 11 is 0. The van der Waals surface area contributed by atoms with Crippen LogP contribution >= 0.6 is 0 Å². The Bertz CT molecular complexity index is 291. The first kappa shape index (κ1) is 29.3. The zero-order valence-electron chi connectivity index (χ0n) is 18.5. The molecule has 0 radical (unpaired) electrons. The third kappa shape index (κ3) is 17.2. The van der Waals surface area contributed by atoms with Crippen LogP contribution in [0.2, 0.25) is 0 Å². The second-order valence-corrected chi connectivity index (χ2v) is 7.86. The van der Waals surface area contributed by atoms with Gasteiger partial charge in [-0.05, 0) is 26.7 Å². The van der Waals surface area contributed by atoms with E-state index in [-0.39, 0.29) is 57.9 Å². The largest absolute Gasteiger partial charge is 1.00 e. The molecule has 2 unspecified atom stereocenters. The van der Waals surface area contributed by atoms with Gasteiger partial charge in [-0.2, -0.15) is 0 Å². The quantitative estimate of drug-likeness (QED) is 0.265. The zero-order chi connectivity index (χ0) is 18.9. The molecule has 0 amide bonds. The molecule has 0 heterocycles. The Hall–Kier alpha value is 1.07. The number of aliphatic carboxylic acids is 1. The third-order valence-electron chi connectivity index (χ3n) is 5.39. The molecule has 0 aromatic rings. The number of carbonyl (C=O) groups is 1. The van der Waals surface area contributed by atoms with E-state index in [4.69, 9.17) is 0 Å². The van der Waals surface area contributed by atoms with Gasteiger partial charge in [0.25, 0.3) is 0 Å². The van der Waals surface area contributed by atoms with Gasteiger partial charge in [0.2, 0.25) is 0 Å². The molecule has 0 aliphatic heterocycles. The maximum Gasteiger partial charge on any atom is 1.00 e. The molecule has 0 bridgehead atoms. The van der Waals surface area contributed by atoms with Crippen molar-refractivity contribution in [1.29, 1.82) is 0 Å². The van der Waals surface area contributed by atoms with Crippen molar-refractivity contribution in [1.82, 2.24) is 4.90 Å². The zero-order valence-corrected chi connectivity index (χ0v) is 21.6. The summed E-state index contributed by atoms with van der Waals surface area (Å²) in [7, 11) is 0. The van der Waals surface area contributed by atoms with Crippen LogP contribution < -0.4 is 56.5 Å². The van der Waals surface area contributed by atoms with Crippen LogP contribution in [0.15, 0.2) is 0 Å². The van der Waals surface area contributed by atoms with Crippen LogP contribution in [0.4, 0.5) is 0 Å². The van der Waals surface area contributed by atoms with Crippen molar-refractivity contribution in [2.24, 2.45) is 0 Å². The number of carboxylic acids is 1. The Balaban J connectivity index is 0. The summed E-state index contributed by atoms with van der Waals surface area (Å²) in [6.45, 7) is 8.93. The van der Waals surface area contributed by atoms with E-state index in [9.17, 15) is 9.90 Å². The monoisotopic (exact) mass is 393 g/mol. The number of carboxylic acid groups (broad SMARTS) is 1. The molecule has 0 aromatic carbocycles. The number of rotatable bonds is 18. The van der Waals surface area contributed by atoms with Crippen LogP contribution in [0.5, 0.6) is 0 Å². The molecule has 0 aromatic heterocycles. The number of hydrogen-bond acceptors (Lipinski definition) is 3. The van der Waals surface area contributed by atoms with Gasteiger partial charge in [0.15, 0.2) is 0 Å². The fourth-order valence-corrected chi connectivity index (χ4v) is 3.67. The molecule has 2 atom stereocenters. The van der Waals surface area contributed by atoms with E-state index in [0.29, 0.717) is 12.1 Å². The predicted octanol–water partition coefficient (Wildman–Crippen LogP) is 2.32. The molecule has 150 valence electrons. The minimum atomic E-state index is -0.940. The third-order valence-corrected chi connectivity index (χ3v) is 5.39. The van der Waals surface area contributed by atoms with Gasteiger partial charge < -0.3 is 9.90 Å². The van der Waals surface area contributed by atoms with Gasteiger partial charge >= 0.3 is 51.4 Å². The van der Waals surface area contributed by atoms with Gasteiger partial charge in [0.1, 0.15) is 0 Å². The Morgan fingerprint density at radius 2 is 1.08 bits per heavy atom. The molecular weight excluding hydrogens is 349 g/mol. The maximum absolute atomic E-state index is 11.2. The summed E-state index contributed by atoms with van der Waals surface area (Å²) in [5, 5.41) is 11.2. The van der Waals surface area contributed by atoms with Crippen molar-refractivity contribution in [3.8, 4) is 0 Å². The summed E-state index contributed by atoms with van der Waals surface area (Å²) < 4.78 is 0. The Morgan fingerprint density at radius 1 is 0.731 bits per heavy atom. The number of hydrogen-bond donors (Lipinski definition) is 0. The molecule has 26 heavy (non-hydrogen) atoms. The molecule has 0 aliphatic rings. The van der Waals surface area contributed by atoms with E-state index >= 15 is 0 Å². The summed E-state index contributed by atoms with van der Waals surface area (Å²) in [5.41, 5.74) is 0. The van der Waals surface area contributed by atoms with E-state index in [1.807, 2.05) is 0 Å². The topological polar surface area (TPSA) is 43.4 Å². The Labute approximate surface area is 206 Å². The molecule has 0 saturated carbocycles. The molecule has 0 fully saturated rings. The second-order valence-electron chi connectivity index (χ2n) is 7.86. The van der Waals surface area contributed by atoms with Crippen molar-refractivity contribution in [3.63, 3.8) is 0 Å². The molecule has 3 nitrogen and oxygen atoms in total. The molecule has 0 N–H and O–H groups in total. The first-order valence-electron chi connectivity index (χ1n) is 11.0. The average Bonchev–Trinajstić information content (AvgIpc) is 2.58. The van der Waals surface area contributed by atoms with Crippen LogP contribution in [-0.2, 0) is 4.79 Å². The normalized spacial score (nSPS) is 13.4. The van der Waals surface area contributed by atoms with Crippen LogP contribution in [-0.4, -0.2) is 29.5 Å². The van der Waals surface area contributed by atoms with Crippen LogP contribution in [0.3, 0.4) is 0 Å². The van der Waals surface area contributed by atoms with Crippen LogP contribution in [0, 0.1) is 0 Å². The van der Waals surface area contributed by atoms with Crippen molar-refractivity contribution in [3.05, 3.63) is 0 Å². The van der Waals surface area contributed by atoms with Crippen molar-refractivity contribution < 1.29 is 61.3 Å². The second kappa shape index (κ2) is 20.8. The van der Waals surface area contributed by atoms with E-state index in [1.165, 1.54) is 77.0 Å². The van der Waals surface area contributed by atoms with Gasteiger partial charge in [-0.25, -0.2) is 0 Å². The fourth-order valence-electron chi connectivity index (χ4n) is 3.67. The summed E-state index contributed by atoms with van der Waals surface area (Å²) in [4.78, 5) is 13.3. The SMILES string of the molecule is CCCCCCCCC(C)N(CC(=O)[O-])C(C)CCCCCCCC.[K+]. The summed E-state index contributed by atoms with van der Waals surface area (Å²) in [5.74, 6) is -0.940. The van der Waals surface area contributed by atoms with Crippen molar-refractivity contribution >= 4 is 5.97 Å². The fraction of sp³-hybridized carbons (Fsp3) is 0.955. The predicted molar refractivity (Wildman–Crippen MR) is 107 cm³/mol. The molecule has 4 heteroatoms. The van der Waals surface area contributed by atoms with E-state index in [2.05, 4.69) is 32.6 Å². The minimum absolute atomic E-state index is 0. The molecule has 0 rings (SSSR count). The smallest absolute Gasteiger partial charge is 0.549 e. The number of unbranched alkanes of at least 4 members (excludes halogenated alkanes) is 10. The molecule has 0 saturated heterocycles. The summed E-state index contributed by atoms with van der Waals surface area (Å²) in [6, 6.07) is 0.665. The maximum atomic E-state index is 11.2. The van der Waals surface area contributed by atoms with Crippen molar-refractivity contribution in [2.75, 3.05) is 6.54 Å². The Morgan fingerprint density at radius 3 is 1.42 bits per heavy atom. The van der Waals surface area contributed by atoms with Gasteiger partial charge in [-0.15, -0.1) is 0 Å².